The second-order valence-electron chi connectivity index (χ2n) is 1.96. The van der Waals surface area contributed by atoms with Crippen molar-refractivity contribution in [2.24, 2.45) is 0 Å². The van der Waals surface area contributed by atoms with E-state index in [-0.39, 0.29) is 0 Å². The molecule has 0 N–H and O–H groups in total. The lowest BCUT2D eigenvalue weighted by molar-refractivity contribution is 0.483. The van der Waals surface area contributed by atoms with Gasteiger partial charge >= 0.3 is 0 Å². The highest BCUT2D eigenvalue weighted by atomic mass is 16.5. The van der Waals surface area contributed by atoms with Gasteiger partial charge < -0.3 is 4.74 Å². The molecule has 1 rings (SSSR count). The molecule has 54 valence electrons. The summed E-state index contributed by atoms with van der Waals surface area (Å²) in [6.45, 7) is 3.44. The molecular weight excluding hydrogens is 136 g/mol. The molecule has 0 aliphatic carbocycles. The zero-order chi connectivity index (χ0) is 8.10. The molecule has 0 saturated carbocycles. The molecule has 0 aliphatic rings. The Bertz CT molecular complexity index is 294. The second-order valence-corrected chi connectivity index (χ2v) is 1.96. The van der Waals surface area contributed by atoms with Crippen molar-refractivity contribution < 1.29 is 4.74 Å². The normalized spacial score (nSPS) is 8.27. The van der Waals surface area contributed by atoms with Gasteiger partial charge in [-0.2, -0.15) is 0 Å². The molecule has 0 heterocycles. The summed E-state index contributed by atoms with van der Waals surface area (Å²) < 4.78 is 5.02. The lowest BCUT2D eigenvalue weighted by Crippen LogP contribution is -1.80. The average molecular weight is 144 g/mol. The minimum absolute atomic E-state index is 0.718. The summed E-state index contributed by atoms with van der Waals surface area (Å²) in [5.74, 6) is 3.23. The fraction of sp³-hybridized carbons (Fsp3) is 0. The van der Waals surface area contributed by atoms with E-state index >= 15 is 0 Å². The van der Waals surface area contributed by atoms with Gasteiger partial charge in [-0.1, -0.05) is 18.6 Å². The van der Waals surface area contributed by atoms with Crippen LogP contribution in [0.15, 0.2) is 37.1 Å². The Morgan fingerprint density at radius 3 is 3.00 bits per heavy atom. The smallest absolute Gasteiger partial charge is 0.127 e. The highest BCUT2D eigenvalue weighted by Gasteiger charge is 1.90. The molecule has 0 fully saturated rings. The number of rotatable bonds is 2. The molecular formula is C10H8O. The van der Waals surface area contributed by atoms with Crippen molar-refractivity contribution >= 4 is 0 Å². The monoisotopic (exact) mass is 144 g/mol. The van der Waals surface area contributed by atoms with Crippen LogP contribution in [0, 0.1) is 12.3 Å². The van der Waals surface area contributed by atoms with Crippen LogP contribution in [0.25, 0.3) is 0 Å². The van der Waals surface area contributed by atoms with Crippen LogP contribution in [0.2, 0.25) is 0 Å². The second kappa shape index (κ2) is 3.48. The van der Waals surface area contributed by atoms with Crippen molar-refractivity contribution in [3.8, 4) is 18.1 Å². The minimum atomic E-state index is 0.718. The Balaban J connectivity index is 2.93. The van der Waals surface area contributed by atoms with Gasteiger partial charge in [0.2, 0.25) is 0 Å². The van der Waals surface area contributed by atoms with Crippen molar-refractivity contribution in [1.29, 1.82) is 0 Å². The third kappa shape index (κ3) is 1.87. The van der Waals surface area contributed by atoms with Gasteiger partial charge in [0.15, 0.2) is 0 Å². The number of hydrogen-bond donors (Lipinski definition) is 0. The van der Waals surface area contributed by atoms with Gasteiger partial charge in [-0.3, -0.25) is 0 Å². The van der Waals surface area contributed by atoms with Gasteiger partial charge in [0.05, 0.1) is 6.26 Å². The lowest BCUT2D eigenvalue weighted by Gasteiger charge is -1.98. The summed E-state index contributed by atoms with van der Waals surface area (Å²) in [5.41, 5.74) is 0.810. The van der Waals surface area contributed by atoms with Crippen molar-refractivity contribution in [3.63, 3.8) is 0 Å². The molecule has 1 heteroatoms. The van der Waals surface area contributed by atoms with Crippen LogP contribution in [0.1, 0.15) is 5.56 Å². The van der Waals surface area contributed by atoms with Crippen LogP contribution in [0.5, 0.6) is 5.75 Å². The molecule has 0 unspecified atom stereocenters. The SMILES string of the molecule is C#Cc1cccc(OC=C)c1. The maximum Gasteiger partial charge on any atom is 0.127 e. The van der Waals surface area contributed by atoms with Crippen LogP contribution in [0.3, 0.4) is 0 Å². The van der Waals surface area contributed by atoms with E-state index in [0.29, 0.717) is 0 Å². The zero-order valence-electron chi connectivity index (χ0n) is 6.08. The van der Waals surface area contributed by atoms with E-state index in [1.165, 1.54) is 6.26 Å². The van der Waals surface area contributed by atoms with E-state index in [2.05, 4.69) is 12.5 Å². The Labute approximate surface area is 66.3 Å². The van der Waals surface area contributed by atoms with E-state index in [1.54, 1.807) is 6.07 Å². The molecule has 1 nitrogen and oxygen atoms in total. The predicted octanol–water partition coefficient (Wildman–Crippen LogP) is 2.19. The topological polar surface area (TPSA) is 9.23 Å². The number of ether oxygens (including phenoxy) is 1. The van der Waals surface area contributed by atoms with Crippen molar-refractivity contribution in [2.45, 2.75) is 0 Å². The number of hydrogen-bond acceptors (Lipinski definition) is 1. The van der Waals surface area contributed by atoms with Crippen molar-refractivity contribution in [1.82, 2.24) is 0 Å². The summed E-state index contributed by atoms with van der Waals surface area (Å²) in [6, 6.07) is 7.29. The first-order valence-corrected chi connectivity index (χ1v) is 3.21. The van der Waals surface area contributed by atoms with Gasteiger partial charge in [-0.25, -0.2) is 0 Å². The predicted molar refractivity (Wildman–Crippen MR) is 45.2 cm³/mol. The maximum absolute atomic E-state index is 5.18. The molecule has 0 atom stereocenters. The molecule has 0 radical (unpaired) electrons. The van der Waals surface area contributed by atoms with Crippen molar-refractivity contribution in [3.05, 3.63) is 42.7 Å². The molecule has 0 aliphatic heterocycles. The number of benzene rings is 1. The summed E-state index contributed by atoms with van der Waals surface area (Å²) >= 11 is 0. The van der Waals surface area contributed by atoms with Crippen LogP contribution in [0.4, 0.5) is 0 Å². The highest BCUT2D eigenvalue weighted by molar-refractivity contribution is 5.38. The Kier molecular flexibility index (Phi) is 2.35. The quantitative estimate of drug-likeness (QED) is 0.456. The van der Waals surface area contributed by atoms with Gasteiger partial charge in [-0.05, 0) is 18.2 Å². The van der Waals surface area contributed by atoms with Crippen molar-refractivity contribution in [2.75, 3.05) is 0 Å². The van der Waals surface area contributed by atoms with Crippen LogP contribution in [-0.4, -0.2) is 0 Å². The van der Waals surface area contributed by atoms with E-state index < -0.39 is 0 Å². The molecule has 11 heavy (non-hydrogen) atoms. The van der Waals surface area contributed by atoms with Crippen LogP contribution >= 0.6 is 0 Å². The Morgan fingerprint density at radius 1 is 1.55 bits per heavy atom. The summed E-state index contributed by atoms with van der Waals surface area (Å²) in [6.07, 6.45) is 6.55. The first kappa shape index (κ1) is 7.43. The van der Waals surface area contributed by atoms with Gasteiger partial charge in [0.1, 0.15) is 5.75 Å². The fourth-order valence-corrected chi connectivity index (χ4v) is 0.755. The highest BCUT2D eigenvalue weighted by Crippen LogP contribution is 2.11. The number of terminal acetylenes is 1. The third-order valence-electron chi connectivity index (χ3n) is 1.22. The van der Waals surface area contributed by atoms with E-state index in [1.807, 2.05) is 18.2 Å². The molecule has 0 aromatic heterocycles. The largest absolute Gasteiger partial charge is 0.466 e. The molecule has 0 amide bonds. The third-order valence-corrected chi connectivity index (χ3v) is 1.22. The van der Waals surface area contributed by atoms with Gasteiger partial charge in [0.25, 0.3) is 0 Å². The minimum Gasteiger partial charge on any atom is -0.466 e. The van der Waals surface area contributed by atoms with Crippen LogP contribution in [-0.2, 0) is 0 Å². The Hall–Kier alpha value is -1.68. The zero-order valence-corrected chi connectivity index (χ0v) is 6.08. The Morgan fingerprint density at radius 2 is 2.36 bits per heavy atom. The summed E-state index contributed by atoms with van der Waals surface area (Å²) in [7, 11) is 0. The molecule has 1 aromatic carbocycles. The molecule has 0 bridgehead atoms. The van der Waals surface area contributed by atoms with Crippen LogP contribution < -0.4 is 4.74 Å². The molecule has 1 aromatic rings. The lowest BCUT2D eigenvalue weighted by atomic mass is 10.2. The maximum atomic E-state index is 5.18. The summed E-state index contributed by atoms with van der Waals surface area (Å²) in [5, 5.41) is 0. The van der Waals surface area contributed by atoms with E-state index in [0.717, 1.165) is 11.3 Å². The fourth-order valence-electron chi connectivity index (χ4n) is 0.755. The standard InChI is InChI=1S/C10H8O/c1-3-9-6-5-7-10(8-9)11-4-2/h1,4-8H,2H2. The first-order chi connectivity index (χ1) is 5.36. The first-order valence-electron chi connectivity index (χ1n) is 3.21. The van der Waals surface area contributed by atoms with E-state index in [4.69, 9.17) is 11.2 Å². The summed E-state index contributed by atoms with van der Waals surface area (Å²) in [4.78, 5) is 0. The molecule has 0 spiro atoms. The average Bonchev–Trinajstić information content (AvgIpc) is 2.06. The van der Waals surface area contributed by atoms with E-state index in [9.17, 15) is 0 Å². The molecule has 0 saturated heterocycles. The van der Waals surface area contributed by atoms with Gasteiger partial charge in [0, 0.05) is 5.56 Å². The van der Waals surface area contributed by atoms with Gasteiger partial charge in [-0.15, -0.1) is 6.42 Å².